The number of allylic oxidation sites excluding steroid dienone is 1. The number of hydrogen-bond donors (Lipinski definition) is 0. The summed E-state index contributed by atoms with van der Waals surface area (Å²) in [6.45, 7) is 17.0. The highest BCUT2D eigenvalue weighted by Crippen LogP contribution is 2.25. The maximum absolute atomic E-state index is 12.3. The van der Waals surface area contributed by atoms with Crippen LogP contribution >= 0.6 is 0 Å². The zero-order chi connectivity index (χ0) is 19.5. The minimum Gasteiger partial charge on any atom is -0.465 e. The van der Waals surface area contributed by atoms with Gasteiger partial charge in [0.15, 0.2) is 0 Å². The number of rotatable bonds is 13. The van der Waals surface area contributed by atoms with E-state index in [-0.39, 0.29) is 29.2 Å². The van der Waals surface area contributed by atoms with E-state index < -0.39 is 5.92 Å². The van der Waals surface area contributed by atoms with E-state index in [9.17, 15) is 9.59 Å². The molecule has 25 heavy (non-hydrogen) atoms. The van der Waals surface area contributed by atoms with Gasteiger partial charge in [-0.25, -0.2) is 0 Å². The van der Waals surface area contributed by atoms with E-state index in [2.05, 4.69) is 48.1 Å². The summed E-state index contributed by atoms with van der Waals surface area (Å²) in [5.74, 6) is -1.20. The van der Waals surface area contributed by atoms with Crippen LogP contribution < -0.4 is 0 Å². The zero-order valence-electron chi connectivity index (χ0n) is 17.2. The lowest BCUT2D eigenvalue weighted by Crippen LogP contribution is -2.28. The number of esters is 2. The molecule has 1 atom stereocenters. The average Bonchev–Trinajstić information content (AvgIpc) is 2.50. The Balaban J connectivity index is 4.55. The predicted molar refractivity (Wildman–Crippen MR) is 102 cm³/mol. The van der Waals surface area contributed by atoms with Crippen molar-refractivity contribution >= 4 is 11.9 Å². The highest BCUT2D eigenvalue weighted by molar-refractivity contribution is 5.80. The van der Waals surface area contributed by atoms with Crippen LogP contribution in [-0.4, -0.2) is 25.2 Å². The van der Waals surface area contributed by atoms with Crippen molar-refractivity contribution in [3.63, 3.8) is 0 Å². The van der Waals surface area contributed by atoms with Gasteiger partial charge in [0, 0.05) is 0 Å². The Bertz CT molecular complexity index is 424. The van der Waals surface area contributed by atoms with Crippen molar-refractivity contribution in [1.29, 1.82) is 0 Å². The lowest BCUT2D eigenvalue weighted by molar-refractivity contribution is -0.158. The second kappa shape index (κ2) is 11.3. The molecule has 146 valence electrons. The SMILES string of the molecule is C=CCC(CC(=O)OCC(C)(C)CCC)C(=O)OCC(C)(C)CCC. The van der Waals surface area contributed by atoms with Gasteiger partial charge in [-0.1, -0.05) is 60.5 Å². The Morgan fingerprint density at radius 2 is 1.44 bits per heavy atom. The molecule has 0 N–H and O–H groups in total. The molecule has 0 bridgehead atoms. The van der Waals surface area contributed by atoms with E-state index >= 15 is 0 Å². The fraction of sp³-hybridized carbons (Fsp3) is 0.810. The molecular formula is C21H38O4. The number of hydrogen-bond acceptors (Lipinski definition) is 4. The fourth-order valence-electron chi connectivity index (χ4n) is 2.88. The summed E-state index contributed by atoms with van der Waals surface area (Å²) in [5, 5.41) is 0. The minimum absolute atomic E-state index is 0.0387. The van der Waals surface area contributed by atoms with Crippen LogP contribution in [0.15, 0.2) is 12.7 Å². The first-order valence-corrected chi connectivity index (χ1v) is 9.50. The molecule has 0 aliphatic carbocycles. The molecule has 0 fully saturated rings. The Morgan fingerprint density at radius 1 is 0.960 bits per heavy atom. The Hall–Kier alpha value is -1.32. The molecule has 0 aromatic rings. The molecule has 0 aliphatic heterocycles. The van der Waals surface area contributed by atoms with Crippen molar-refractivity contribution < 1.29 is 19.1 Å². The van der Waals surface area contributed by atoms with Crippen LogP contribution in [0.5, 0.6) is 0 Å². The van der Waals surface area contributed by atoms with E-state index in [0.717, 1.165) is 25.7 Å². The van der Waals surface area contributed by atoms with Crippen LogP contribution in [0.4, 0.5) is 0 Å². The summed E-state index contributed by atoms with van der Waals surface area (Å²) in [6, 6.07) is 0. The van der Waals surface area contributed by atoms with E-state index in [4.69, 9.17) is 9.47 Å². The predicted octanol–water partition coefficient (Wildman–Crippen LogP) is 5.31. The topological polar surface area (TPSA) is 52.6 Å². The molecule has 0 saturated carbocycles. The monoisotopic (exact) mass is 354 g/mol. The van der Waals surface area contributed by atoms with Gasteiger partial charge in [-0.3, -0.25) is 9.59 Å². The third-order valence-electron chi connectivity index (χ3n) is 4.28. The highest BCUT2D eigenvalue weighted by atomic mass is 16.5. The van der Waals surface area contributed by atoms with E-state index in [1.54, 1.807) is 6.08 Å². The van der Waals surface area contributed by atoms with Crippen molar-refractivity contribution in [3.05, 3.63) is 12.7 Å². The summed E-state index contributed by atoms with van der Waals surface area (Å²) in [5.41, 5.74) is -0.0865. The summed E-state index contributed by atoms with van der Waals surface area (Å²) in [7, 11) is 0. The number of ether oxygens (including phenoxy) is 2. The molecule has 0 amide bonds. The average molecular weight is 355 g/mol. The van der Waals surface area contributed by atoms with Gasteiger partial charge in [0.1, 0.15) is 0 Å². The van der Waals surface area contributed by atoms with Crippen LogP contribution in [0, 0.1) is 16.7 Å². The molecule has 0 saturated heterocycles. The van der Waals surface area contributed by atoms with Gasteiger partial charge in [-0.2, -0.15) is 0 Å². The fourth-order valence-corrected chi connectivity index (χ4v) is 2.88. The molecule has 0 aromatic heterocycles. The molecule has 1 unspecified atom stereocenters. The van der Waals surface area contributed by atoms with Gasteiger partial charge < -0.3 is 9.47 Å². The van der Waals surface area contributed by atoms with Crippen LogP contribution in [-0.2, 0) is 19.1 Å². The molecular weight excluding hydrogens is 316 g/mol. The van der Waals surface area contributed by atoms with E-state index in [1.165, 1.54) is 0 Å². The van der Waals surface area contributed by atoms with Crippen LogP contribution in [0.25, 0.3) is 0 Å². The first kappa shape index (κ1) is 23.7. The largest absolute Gasteiger partial charge is 0.465 e. The van der Waals surface area contributed by atoms with Gasteiger partial charge >= 0.3 is 11.9 Å². The standard InChI is InChI=1S/C21H38O4/c1-8-11-17(19(23)25-16-21(6,7)13-10-3)14-18(22)24-15-20(4,5)12-9-2/h8,17H,1,9-16H2,2-7H3. The second-order valence-corrected chi connectivity index (χ2v) is 8.52. The maximum atomic E-state index is 12.3. The van der Waals surface area contributed by atoms with Gasteiger partial charge in [0.25, 0.3) is 0 Å². The van der Waals surface area contributed by atoms with Gasteiger partial charge in [-0.15, -0.1) is 6.58 Å². The third-order valence-corrected chi connectivity index (χ3v) is 4.28. The van der Waals surface area contributed by atoms with Crippen molar-refractivity contribution in [2.24, 2.45) is 16.7 Å². The molecule has 0 heterocycles. The van der Waals surface area contributed by atoms with Crippen molar-refractivity contribution in [2.45, 2.75) is 80.1 Å². The third kappa shape index (κ3) is 11.0. The first-order chi connectivity index (χ1) is 11.6. The zero-order valence-corrected chi connectivity index (χ0v) is 17.2. The first-order valence-electron chi connectivity index (χ1n) is 9.50. The minimum atomic E-state index is -0.517. The number of carbonyl (C=O) groups is 2. The van der Waals surface area contributed by atoms with Gasteiger partial charge in [-0.05, 0) is 30.1 Å². The Labute approximate surface area is 154 Å². The highest BCUT2D eigenvalue weighted by Gasteiger charge is 2.27. The molecule has 0 aliphatic rings. The summed E-state index contributed by atoms with van der Waals surface area (Å²) >= 11 is 0. The lowest BCUT2D eigenvalue weighted by atomic mass is 9.89. The second-order valence-electron chi connectivity index (χ2n) is 8.52. The summed E-state index contributed by atoms with van der Waals surface area (Å²) < 4.78 is 10.9. The maximum Gasteiger partial charge on any atom is 0.309 e. The Morgan fingerprint density at radius 3 is 1.88 bits per heavy atom. The van der Waals surface area contributed by atoms with E-state index in [1.807, 2.05) is 0 Å². The summed E-state index contributed by atoms with van der Waals surface area (Å²) in [6.07, 6.45) is 6.18. The lowest BCUT2D eigenvalue weighted by Gasteiger charge is -2.25. The smallest absolute Gasteiger partial charge is 0.309 e. The summed E-state index contributed by atoms with van der Waals surface area (Å²) in [4.78, 5) is 24.5. The quantitative estimate of drug-likeness (QED) is 0.332. The van der Waals surface area contributed by atoms with Crippen LogP contribution in [0.3, 0.4) is 0 Å². The number of carbonyl (C=O) groups excluding carboxylic acids is 2. The normalized spacial score (nSPS) is 13.2. The molecule has 0 rings (SSSR count). The van der Waals surface area contributed by atoms with Crippen LogP contribution in [0.1, 0.15) is 80.1 Å². The van der Waals surface area contributed by atoms with E-state index in [0.29, 0.717) is 19.6 Å². The van der Waals surface area contributed by atoms with Gasteiger partial charge in [0.2, 0.25) is 0 Å². The van der Waals surface area contributed by atoms with Crippen molar-refractivity contribution in [2.75, 3.05) is 13.2 Å². The molecule has 0 spiro atoms. The molecule has 0 aromatic carbocycles. The molecule has 0 radical (unpaired) electrons. The van der Waals surface area contributed by atoms with Crippen LogP contribution in [0.2, 0.25) is 0 Å². The Kier molecular flexibility index (Phi) is 10.7. The van der Waals surface area contributed by atoms with Crippen molar-refractivity contribution in [3.8, 4) is 0 Å². The van der Waals surface area contributed by atoms with Crippen molar-refractivity contribution in [1.82, 2.24) is 0 Å². The van der Waals surface area contributed by atoms with Gasteiger partial charge in [0.05, 0.1) is 25.6 Å². The molecule has 4 nitrogen and oxygen atoms in total. The molecule has 4 heteroatoms.